The molecule has 0 heterocycles. The van der Waals surface area contributed by atoms with Gasteiger partial charge in [0.05, 0.1) is 6.07 Å². The summed E-state index contributed by atoms with van der Waals surface area (Å²) in [5.41, 5.74) is 1.60. The molecule has 0 spiro atoms. The van der Waals surface area contributed by atoms with Crippen molar-refractivity contribution in [2.24, 2.45) is 23.7 Å². The quantitative estimate of drug-likeness (QED) is 0.341. The largest absolute Gasteiger partial charge is 0.193 e. The van der Waals surface area contributed by atoms with Crippen molar-refractivity contribution in [1.29, 1.82) is 5.26 Å². The zero-order valence-electron chi connectivity index (χ0n) is 15.8. The SMILES string of the molecule is C=C(C1CCC(CC/C=C/C#N)CC1)C1CCC(CCCC)CC1. The molecular weight excluding hydrogens is 290 g/mol. The van der Waals surface area contributed by atoms with E-state index >= 15 is 0 Å². The second kappa shape index (κ2) is 10.8. The lowest BCUT2D eigenvalue weighted by atomic mass is 9.70. The van der Waals surface area contributed by atoms with Crippen LogP contribution < -0.4 is 0 Å². The first-order valence-corrected chi connectivity index (χ1v) is 10.5. The number of hydrogen-bond acceptors (Lipinski definition) is 1. The molecule has 0 aromatic heterocycles. The van der Waals surface area contributed by atoms with Crippen LogP contribution in [0.2, 0.25) is 0 Å². The zero-order valence-corrected chi connectivity index (χ0v) is 15.8. The maximum atomic E-state index is 8.54. The Morgan fingerprint density at radius 2 is 1.50 bits per heavy atom. The van der Waals surface area contributed by atoms with Gasteiger partial charge in [-0.25, -0.2) is 0 Å². The van der Waals surface area contributed by atoms with E-state index in [0.717, 1.165) is 30.1 Å². The van der Waals surface area contributed by atoms with E-state index in [2.05, 4.69) is 19.6 Å². The number of hydrogen-bond donors (Lipinski definition) is 0. The van der Waals surface area contributed by atoms with Crippen LogP contribution in [0.1, 0.15) is 90.4 Å². The number of allylic oxidation sites excluding steroid dienone is 3. The van der Waals surface area contributed by atoms with Crippen molar-refractivity contribution in [1.82, 2.24) is 0 Å². The summed E-state index contributed by atoms with van der Waals surface area (Å²) in [7, 11) is 0. The molecule has 24 heavy (non-hydrogen) atoms. The third kappa shape index (κ3) is 6.12. The Balaban J connectivity index is 1.66. The Bertz CT molecular complexity index is 425. The van der Waals surface area contributed by atoms with Crippen LogP contribution in [0.25, 0.3) is 0 Å². The van der Waals surface area contributed by atoms with Gasteiger partial charge in [-0.3, -0.25) is 0 Å². The average molecular weight is 328 g/mol. The number of unbranched alkanes of at least 4 members (excludes halogenated alkanes) is 1. The zero-order chi connectivity index (χ0) is 17.2. The average Bonchev–Trinajstić information content (AvgIpc) is 2.64. The van der Waals surface area contributed by atoms with Crippen LogP contribution in [0.3, 0.4) is 0 Å². The Kier molecular flexibility index (Phi) is 8.65. The van der Waals surface area contributed by atoms with Gasteiger partial charge in [-0.1, -0.05) is 44.4 Å². The van der Waals surface area contributed by atoms with Gasteiger partial charge in [-0.05, 0) is 87.9 Å². The van der Waals surface area contributed by atoms with Crippen LogP contribution >= 0.6 is 0 Å². The van der Waals surface area contributed by atoms with E-state index in [1.165, 1.54) is 77.0 Å². The van der Waals surface area contributed by atoms with E-state index in [0.29, 0.717) is 0 Å². The molecule has 1 nitrogen and oxygen atoms in total. The monoisotopic (exact) mass is 327 g/mol. The highest BCUT2D eigenvalue weighted by atomic mass is 14.3. The second-order valence-electron chi connectivity index (χ2n) is 8.26. The molecule has 0 atom stereocenters. The lowest BCUT2D eigenvalue weighted by Gasteiger charge is -2.36. The Labute approximate surface area is 150 Å². The lowest BCUT2D eigenvalue weighted by molar-refractivity contribution is 0.240. The molecule has 0 unspecified atom stereocenters. The highest BCUT2D eigenvalue weighted by Crippen LogP contribution is 2.42. The van der Waals surface area contributed by atoms with E-state index in [4.69, 9.17) is 5.26 Å². The molecule has 0 aromatic carbocycles. The predicted molar refractivity (Wildman–Crippen MR) is 104 cm³/mol. The third-order valence-electron chi connectivity index (χ3n) is 6.64. The molecule has 0 amide bonds. The van der Waals surface area contributed by atoms with Crippen molar-refractivity contribution in [2.75, 3.05) is 0 Å². The van der Waals surface area contributed by atoms with Crippen molar-refractivity contribution in [2.45, 2.75) is 90.4 Å². The predicted octanol–water partition coefficient (Wildman–Crippen LogP) is 7.21. The molecule has 0 radical (unpaired) electrons. The summed E-state index contributed by atoms with van der Waals surface area (Å²) in [6.07, 6.45) is 21.4. The Morgan fingerprint density at radius 1 is 0.958 bits per heavy atom. The first-order chi connectivity index (χ1) is 11.7. The molecule has 0 aliphatic heterocycles. The van der Waals surface area contributed by atoms with Gasteiger partial charge in [0, 0.05) is 6.08 Å². The normalized spacial score (nSPS) is 31.0. The first-order valence-electron chi connectivity index (χ1n) is 10.5. The fourth-order valence-corrected chi connectivity index (χ4v) is 4.94. The van der Waals surface area contributed by atoms with Crippen molar-refractivity contribution in [3.8, 4) is 6.07 Å². The standard InChI is InChI=1S/C23H37N/c1-3-4-8-20-10-14-22(15-11-20)19(2)23-16-12-21(13-17-23)9-6-5-7-18-24/h5,7,20-23H,2-4,6,8-17H2,1H3/b7-5+. The fraction of sp³-hybridized carbons (Fsp3) is 0.783. The van der Waals surface area contributed by atoms with Crippen LogP contribution in [0.5, 0.6) is 0 Å². The van der Waals surface area contributed by atoms with E-state index in [-0.39, 0.29) is 0 Å². The Hall–Kier alpha value is -1.03. The maximum Gasteiger partial charge on any atom is 0.0908 e. The molecular formula is C23H37N. The van der Waals surface area contributed by atoms with Gasteiger partial charge >= 0.3 is 0 Å². The summed E-state index contributed by atoms with van der Waals surface area (Å²) < 4.78 is 0. The molecule has 0 N–H and O–H groups in total. The van der Waals surface area contributed by atoms with Crippen molar-refractivity contribution >= 4 is 0 Å². The van der Waals surface area contributed by atoms with Gasteiger partial charge in [-0.2, -0.15) is 5.26 Å². The van der Waals surface area contributed by atoms with Crippen LogP contribution in [0, 0.1) is 35.0 Å². The smallest absolute Gasteiger partial charge is 0.0908 e. The van der Waals surface area contributed by atoms with Crippen LogP contribution in [0.4, 0.5) is 0 Å². The molecule has 0 bridgehead atoms. The van der Waals surface area contributed by atoms with Gasteiger partial charge in [0.1, 0.15) is 0 Å². The van der Waals surface area contributed by atoms with Crippen LogP contribution in [-0.2, 0) is 0 Å². The first kappa shape index (κ1) is 19.3. The molecule has 2 saturated carbocycles. The summed E-state index contributed by atoms with van der Waals surface area (Å²) in [6, 6.07) is 2.09. The number of rotatable bonds is 8. The lowest BCUT2D eigenvalue weighted by Crippen LogP contribution is -2.23. The Morgan fingerprint density at radius 3 is 2.00 bits per heavy atom. The second-order valence-corrected chi connectivity index (χ2v) is 8.26. The van der Waals surface area contributed by atoms with Crippen molar-refractivity contribution < 1.29 is 0 Å². The van der Waals surface area contributed by atoms with Gasteiger partial charge < -0.3 is 0 Å². The molecule has 1 heteroatoms. The van der Waals surface area contributed by atoms with Crippen LogP contribution in [-0.4, -0.2) is 0 Å². The summed E-state index contributed by atoms with van der Waals surface area (Å²) >= 11 is 0. The van der Waals surface area contributed by atoms with Gasteiger partial charge in [0.2, 0.25) is 0 Å². The topological polar surface area (TPSA) is 23.8 Å². The molecule has 2 fully saturated rings. The molecule has 2 aliphatic carbocycles. The summed E-state index contributed by atoms with van der Waals surface area (Å²) in [4.78, 5) is 0. The number of nitriles is 1. The highest BCUT2D eigenvalue weighted by molar-refractivity contribution is 5.08. The highest BCUT2D eigenvalue weighted by Gasteiger charge is 2.29. The van der Waals surface area contributed by atoms with Gasteiger partial charge in [0.15, 0.2) is 0 Å². The van der Waals surface area contributed by atoms with Gasteiger partial charge in [-0.15, -0.1) is 0 Å². The summed E-state index contributed by atoms with van der Waals surface area (Å²) in [5.74, 6) is 3.50. The molecule has 0 saturated heterocycles. The minimum absolute atomic E-state index is 0.799. The summed E-state index contributed by atoms with van der Waals surface area (Å²) in [5, 5.41) is 8.54. The molecule has 2 aliphatic rings. The molecule has 0 aromatic rings. The molecule has 134 valence electrons. The van der Waals surface area contributed by atoms with E-state index in [1.54, 1.807) is 11.6 Å². The van der Waals surface area contributed by atoms with Crippen molar-refractivity contribution in [3.05, 3.63) is 24.3 Å². The fourth-order valence-electron chi connectivity index (χ4n) is 4.94. The minimum atomic E-state index is 0.799. The third-order valence-corrected chi connectivity index (χ3v) is 6.64. The van der Waals surface area contributed by atoms with E-state index in [1.807, 2.05) is 6.08 Å². The van der Waals surface area contributed by atoms with E-state index in [9.17, 15) is 0 Å². The van der Waals surface area contributed by atoms with E-state index < -0.39 is 0 Å². The minimum Gasteiger partial charge on any atom is -0.193 e. The number of nitrogens with zero attached hydrogens (tertiary/aromatic N) is 1. The molecule has 2 rings (SSSR count). The summed E-state index contributed by atoms with van der Waals surface area (Å²) in [6.45, 7) is 6.86. The van der Waals surface area contributed by atoms with Crippen LogP contribution in [0.15, 0.2) is 24.3 Å². The van der Waals surface area contributed by atoms with Gasteiger partial charge in [0.25, 0.3) is 0 Å². The maximum absolute atomic E-state index is 8.54. The van der Waals surface area contributed by atoms with Crippen molar-refractivity contribution in [3.63, 3.8) is 0 Å².